The molecule has 114 valence electrons. The van der Waals surface area contributed by atoms with Crippen molar-refractivity contribution in [3.05, 3.63) is 47.5 Å². The molecule has 1 aromatic carbocycles. The molecule has 0 spiro atoms. The minimum atomic E-state index is -1.21. The number of halogens is 1. The van der Waals surface area contributed by atoms with Crippen LogP contribution in [0.5, 0.6) is 5.75 Å². The summed E-state index contributed by atoms with van der Waals surface area (Å²) in [4.78, 5) is 26.0. The first-order valence-corrected chi connectivity index (χ1v) is 6.34. The van der Waals surface area contributed by atoms with E-state index in [4.69, 9.17) is 5.11 Å². The van der Waals surface area contributed by atoms with Crippen LogP contribution in [0, 0.1) is 12.7 Å². The summed E-state index contributed by atoms with van der Waals surface area (Å²) in [5.74, 6) is -2.81. The van der Waals surface area contributed by atoms with E-state index in [0.29, 0.717) is 16.7 Å². The highest BCUT2D eigenvalue weighted by Crippen LogP contribution is 2.30. The first kappa shape index (κ1) is 15.4. The van der Waals surface area contributed by atoms with Gasteiger partial charge in [0.25, 0.3) is 5.91 Å². The number of nitrogens with zero attached hydrogens (tertiary/aromatic N) is 1. The third-order valence-corrected chi connectivity index (χ3v) is 3.06. The fourth-order valence-electron chi connectivity index (χ4n) is 1.95. The summed E-state index contributed by atoms with van der Waals surface area (Å²) < 4.78 is 13.3. The Morgan fingerprint density at radius 2 is 2.09 bits per heavy atom. The molecule has 0 aliphatic carbocycles. The van der Waals surface area contributed by atoms with Crippen molar-refractivity contribution in [2.24, 2.45) is 0 Å². The minimum Gasteiger partial charge on any atom is -0.505 e. The van der Waals surface area contributed by atoms with Gasteiger partial charge in [-0.1, -0.05) is 12.1 Å². The van der Waals surface area contributed by atoms with E-state index in [1.807, 2.05) is 0 Å². The molecule has 0 aliphatic heterocycles. The quantitative estimate of drug-likeness (QED) is 0.798. The second-order valence-corrected chi connectivity index (χ2v) is 4.58. The monoisotopic (exact) mass is 304 g/mol. The van der Waals surface area contributed by atoms with Crippen molar-refractivity contribution in [3.63, 3.8) is 0 Å². The van der Waals surface area contributed by atoms with E-state index in [1.54, 1.807) is 13.0 Å². The minimum absolute atomic E-state index is 0.279. The van der Waals surface area contributed by atoms with Crippen LogP contribution in [0.4, 0.5) is 4.39 Å². The van der Waals surface area contributed by atoms with Crippen LogP contribution in [-0.2, 0) is 4.79 Å². The van der Waals surface area contributed by atoms with Gasteiger partial charge in [-0.2, -0.15) is 0 Å². The van der Waals surface area contributed by atoms with E-state index in [9.17, 15) is 19.1 Å². The topological polar surface area (TPSA) is 99.5 Å². The zero-order chi connectivity index (χ0) is 16.3. The Hall–Kier alpha value is -2.96. The van der Waals surface area contributed by atoms with E-state index in [0.717, 1.165) is 0 Å². The highest BCUT2D eigenvalue weighted by atomic mass is 19.1. The standard InChI is InChI=1S/C15H13FN2O4/c1-8-11(9-3-2-4-10(16)5-9)6-17-13(14(8)21)15(22)18-7-12(19)20/h2-6,21H,7H2,1H3,(H,18,22)(H,19,20). The smallest absolute Gasteiger partial charge is 0.322 e. The molecular formula is C15H13FN2O4. The van der Waals surface area contributed by atoms with Crippen molar-refractivity contribution in [2.45, 2.75) is 6.92 Å². The molecule has 0 radical (unpaired) electrons. The van der Waals surface area contributed by atoms with Crippen LogP contribution >= 0.6 is 0 Å². The number of aromatic hydroxyl groups is 1. The van der Waals surface area contributed by atoms with E-state index in [1.165, 1.54) is 24.4 Å². The van der Waals surface area contributed by atoms with Crippen molar-refractivity contribution in [2.75, 3.05) is 6.54 Å². The number of carboxylic acids is 1. The summed E-state index contributed by atoms with van der Waals surface area (Å²) in [6, 6.07) is 5.75. The lowest BCUT2D eigenvalue weighted by atomic mass is 10.0. The SMILES string of the molecule is Cc1c(-c2cccc(F)c2)cnc(C(=O)NCC(=O)O)c1O. The summed E-state index contributed by atoms with van der Waals surface area (Å²) >= 11 is 0. The normalized spacial score (nSPS) is 10.3. The van der Waals surface area contributed by atoms with E-state index >= 15 is 0 Å². The highest BCUT2D eigenvalue weighted by molar-refractivity contribution is 5.97. The predicted molar refractivity (Wildman–Crippen MR) is 76.0 cm³/mol. The second-order valence-electron chi connectivity index (χ2n) is 4.58. The number of carbonyl (C=O) groups excluding carboxylic acids is 1. The molecule has 1 heterocycles. The maximum Gasteiger partial charge on any atom is 0.322 e. The Labute approximate surface area is 125 Å². The van der Waals surface area contributed by atoms with Gasteiger partial charge in [-0.3, -0.25) is 9.59 Å². The highest BCUT2D eigenvalue weighted by Gasteiger charge is 2.18. The molecule has 7 heteroatoms. The van der Waals surface area contributed by atoms with Crippen LogP contribution in [0.25, 0.3) is 11.1 Å². The summed E-state index contributed by atoms with van der Waals surface area (Å²) in [5, 5.41) is 20.7. The number of carbonyl (C=O) groups is 2. The first-order chi connectivity index (χ1) is 10.4. The van der Waals surface area contributed by atoms with Gasteiger partial charge in [0.05, 0.1) is 0 Å². The lowest BCUT2D eigenvalue weighted by Crippen LogP contribution is -2.30. The van der Waals surface area contributed by atoms with E-state index in [2.05, 4.69) is 10.3 Å². The number of hydrogen-bond donors (Lipinski definition) is 3. The van der Waals surface area contributed by atoms with Gasteiger partial charge >= 0.3 is 5.97 Å². The summed E-state index contributed by atoms with van der Waals surface area (Å²) in [7, 11) is 0. The van der Waals surface area contributed by atoms with Gasteiger partial charge < -0.3 is 15.5 Å². The average Bonchev–Trinajstić information content (AvgIpc) is 2.47. The fraction of sp³-hybridized carbons (Fsp3) is 0.133. The van der Waals surface area contributed by atoms with Gasteiger partial charge in [0.15, 0.2) is 5.69 Å². The molecule has 0 saturated heterocycles. The average molecular weight is 304 g/mol. The number of carboxylic acid groups (broad SMARTS) is 1. The molecule has 1 amide bonds. The molecule has 0 unspecified atom stereocenters. The van der Waals surface area contributed by atoms with Crippen LogP contribution in [-0.4, -0.2) is 33.6 Å². The Morgan fingerprint density at radius 3 is 2.73 bits per heavy atom. The number of nitrogens with one attached hydrogen (secondary N) is 1. The van der Waals surface area contributed by atoms with E-state index in [-0.39, 0.29) is 11.4 Å². The third-order valence-electron chi connectivity index (χ3n) is 3.06. The lowest BCUT2D eigenvalue weighted by Gasteiger charge is -2.11. The molecule has 0 atom stereocenters. The molecule has 0 bridgehead atoms. The summed E-state index contributed by atoms with van der Waals surface area (Å²) in [6.07, 6.45) is 1.33. The van der Waals surface area contributed by atoms with Crippen LogP contribution in [0.15, 0.2) is 30.5 Å². The zero-order valence-electron chi connectivity index (χ0n) is 11.6. The van der Waals surface area contributed by atoms with Gasteiger partial charge in [0, 0.05) is 17.3 Å². The van der Waals surface area contributed by atoms with Gasteiger partial charge in [-0.25, -0.2) is 9.37 Å². The molecule has 1 aromatic heterocycles. The van der Waals surface area contributed by atoms with Crippen LogP contribution in [0.2, 0.25) is 0 Å². The van der Waals surface area contributed by atoms with Crippen LogP contribution in [0.1, 0.15) is 16.1 Å². The molecule has 3 N–H and O–H groups in total. The van der Waals surface area contributed by atoms with Crippen LogP contribution < -0.4 is 5.32 Å². The number of aromatic nitrogens is 1. The van der Waals surface area contributed by atoms with Crippen molar-refractivity contribution in [1.82, 2.24) is 10.3 Å². The molecule has 22 heavy (non-hydrogen) atoms. The molecule has 0 saturated carbocycles. The number of hydrogen-bond acceptors (Lipinski definition) is 4. The predicted octanol–water partition coefficient (Wildman–Crippen LogP) is 1.72. The van der Waals surface area contributed by atoms with Crippen molar-refractivity contribution in [1.29, 1.82) is 0 Å². The van der Waals surface area contributed by atoms with Gasteiger partial charge in [0.2, 0.25) is 0 Å². The molecular weight excluding hydrogens is 291 g/mol. The van der Waals surface area contributed by atoms with Crippen molar-refractivity contribution < 1.29 is 24.2 Å². The number of rotatable bonds is 4. The summed E-state index contributed by atoms with van der Waals surface area (Å²) in [5.41, 5.74) is 1.06. The Kier molecular flexibility index (Phi) is 4.36. The van der Waals surface area contributed by atoms with Crippen molar-refractivity contribution in [3.8, 4) is 16.9 Å². The molecule has 0 aliphatic rings. The molecule has 2 aromatic rings. The largest absolute Gasteiger partial charge is 0.505 e. The number of amides is 1. The molecule has 0 fully saturated rings. The maximum absolute atomic E-state index is 13.3. The number of pyridine rings is 1. The third kappa shape index (κ3) is 3.20. The van der Waals surface area contributed by atoms with Gasteiger partial charge in [-0.05, 0) is 24.6 Å². The number of aliphatic carboxylic acids is 1. The second kappa shape index (κ2) is 6.21. The summed E-state index contributed by atoms with van der Waals surface area (Å²) in [6.45, 7) is 0.982. The van der Waals surface area contributed by atoms with Crippen molar-refractivity contribution >= 4 is 11.9 Å². The molecule has 6 nitrogen and oxygen atoms in total. The van der Waals surface area contributed by atoms with Gasteiger partial charge in [0.1, 0.15) is 18.1 Å². The van der Waals surface area contributed by atoms with E-state index < -0.39 is 24.2 Å². The Bertz CT molecular complexity index is 746. The Balaban J connectivity index is 2.37. The Morgan fingerprint density at radius 1 is 1.36 bits per heavy atom. The molecule has 2 rings (SSSR count). The zero-order valence-corrected chi connectivity index (χ0v) is 11.6. The van der Waals surface area contributed by atoms with Gasteiger partial charge in [-0.15, -0.1) is 0 Å². The lowest BCUT2D eigenvalue weighted by molar-refractivity contribution is -0.135. The van der Waals surface area contributed by atoms with Crippen LogP contribution in [0.3, 0.4) is 0 Å². The fourth-order valence-corrected chi connectivity index (χ4v) is 1.95. The maximum atomic E-state index is 13.3. The number of benzene rings is 1. The first-order valence-electron chi connectivity index (χ1n) is 6.34.